The van der Waals surface area contributed by atoms with Crippen LogP contribution < -0.4 is 10.6 Å². The standard InChI is InChI=1S/C18H26F2N2O2/c1-12(5-6-13-7-8-16(19)17(20)10-13)22-18(24)21-11-14-3-2-4-15(23)9-14/h7-8,10,12,14-15,23H,2-6,9,11H2,1H3,(H2,21,22,24). The van der Waals surface area contributed by atoms with Crippen molar-refractivity contribution in [3.05, 3.63) is 35.4 Å². The zero-order valence-corrected chi connectivity index (χ0v) is 14.0. The molecule has 3 unspecified atom stereocenters. The zero-order chi connectivity index (χ0) is 17.5. The smallest absolute Gasteiger partial charge is 0.315 e. The largest absolute Gasteiger partial charge is 0.393 e. The molecule has 0 bridgehead atoms. The second-order valence-corrected chi connectivity index (χ2v) is 6.73. The van der Waals surface area contributed by atoms with E-state index < -0.39 is 11.6 Å². The van der Waals surface area contributed by atoms with E-state index in [1.165, 1.54) is 6.07 Å². The molecule has 0 heterocycles. The highest BCUT2D eigenvalue weighted by Gasteiger charge is 2.20. The minimum absolute atomic E-state index is 0.0740. The summed E-state index contributed by atoms with van der Waals surface area (Å²) in [5.74, 6) is -1.37. The van der Waals surface area contributed by atoms with Crippen molar-refractivity contribution in [3.63, 3.8) is 0 Å². The molecule has 3 N–H and O–H groups in total. The molecule has 6 heteroatoms. The van der Waals surface area contributed by atoms with E-state index in [-0.39, 0.29) is 18.2 Å². The monoisotopic (exact) mass is 340 g/mol. The Kier molecular flexibility index (Phi) is 6.97. The van der Waals surface area contributed by atoms with E-state index in [1.807, 2.05) is 6.92 Å². The Labute approximate surface area is 141 Å². The summed E-state index contributed by atoms with van der Waals surface area (Å²) in [4.78, 5) is 11.9. The number of nitrogens with one attached hydrogen (secondary N) is 2. The van der Waals surface area contributed by atoms with Crippen LogP contribution in [0.1, 0.15) is 44.6 Å². The Morgan fingerprint density at radius 3 is 2.83 bits per heavy atom. The highest BCUT2D eigenvalue weighted by molar-refractivity contribution is 5.74. The highest BCUT2D eigenvalue weighted by atomic mass is 19.2. The van der Waals surface area contributed by atoms with E-state index in [1.54, 1.807) is 6.07 Å². The van der Waals surface area contributed by atoms with Gasteiger partial charge in [0.25, 0.3) is 0 Å². The molecular formula is C18H26F2N2O2. The van der Waals surface area contributed by atoms with Gasteiger partial charge in [0, 0.05) is 12.6 Å². The molecule has 1 aliphatic rings. The van der Waals surface area contributed by atoms with Gasteiger partial charge in [0.05, 0.1) is 6.10 Å². The number of aliphatic hydroxyl groups excluding tert-OH is 1. The Morgan fingerprint density at radius 2 is 2.12 bits per heavy atom. The zero-order valence-electron chi connectivity index (χ0n) is 14.0. The lowest BCUT2D eigenvalue weighted by molar-refractivity contribution is 0.101. The van der Waals surface area contributed by atoms with Crippen LogP contribution in [-0.4, -0.2) is 29.8 Å². The summed E-state index contributed by atoms with van der Waals surface area (Å²) in [6.45, 7) is 2.45. The van der Waals surface area contributed by atoms with Crippen molar-refractivity contribution in [2.24, 2.45) is 5.92 Å². The molecule has 1 aliphatic carbocycles. The normalized spacial score (nSPS) is 22.0. The molecular weight excluding hydrogens is 314 g/mol. The van der Waals surface area contributed by atoms with E-state index in [0.717, 1.165) is 31.7 Å². The minimum atomic E-state index is -0.850. The van der Waals surface area contributed by atoms with Gasteiger partial charge in [0.2, 0.25) is 0 Å². The first kappa shape index (κ1) is 18.6. The Hall–Kier alpha value is -1.69. The first-order chi connectivity index (χ1) is 11.4. The summed E-state index contributed by atoms with van der Waals surface area (Å²) in [5, 5.41) is 15.3. The predicted molar refractivity (Wildman–Crippen MR) is 88.6 cm³/mol. The maximum atomic E-state index is 13.1. The van der Waals surface area contributed by atoms with Crippen LogP contribution in [-0.2, 0) is 6.42 Å². The maximum absolute atomic E-state index is 13.1. The fraction of sp³-hybridized carbons (Fsp3) is 0.611. The van der Waals surface area contributed by atoms with Gasteiger partial charge in [-0.1, -0.05) is 12.5 Å². The van der Waals surface area contributed by atoms with Crippen molar-refractivity contribution < 1.29 is 18.7 Å². The van der Waals surface area contributed by atoms with Crippen LogP contribution >= 0.6 is 0 Å². The number of carbonyl (C=O) groups excluding carboxylic acids is 1. The molecule has 1 aromatic carbocycles. The quantitative estimate of drug-likeness (QED) is 0.745. The van der Waals surface area contributed by atoms with E-state index >= 15 is 0 Å². The summed E-state index contributed by atoms with van der Waals surface area (Å²) in [6.07, 6.45) is 4.58. The molecule has 1 fully saturated rings. The number of amides is 2. The number of hydrogen-bond donors (Lipinski definition) is 3. The third-order valence-corrected chi connectivity index (χ3v) is 4.53. The van der Waals surface area contributed by atoms with E-state index in [4.69, 9.17) is 0 Å². The summed E-state index contributed by atoms with van der Waals surface area (Å²) < 4.78 is 26.0. The molecule has 24 heavy (non-hydrogen) atoms. The van der Waals surface area contributed by atoms with Crippen LogP contribution in [0.4, 0.5) is 13.6 Å². The van der Waals surface area contributed by atoms with Crippen LogP contribution in [0.5, 0.6) is 0 Å². The van der Waals surface area contributed by atoms with Gasteiger partial charge in [-0.05, 0) is 62.6 Å². The van der Waals surface area contributed by atoms with Gasteiger partial charge in [-0.3, -0.25) is 0 Å². The van der Waals surface area contributed by atoms with Crippen molar-refractivity contribution in [1.29, 1.82) is 0 Å². The summed E-state index contributed by atoms with van der Waals surface area (Å²) in [6, 6.07) is 3.56. The topological polar surface area (TPSA) is 61.4 Å². The molecule has 0 aliphatic heterocycles. The molecule has 0 radical (unpaired) electrons. The summed E-state index contributed by atoms with van der Waals surface area (Å²) in [5.41, 5.74) is 0.708. The van der Waals surface area contributed by atoms with Gasteiger partial charge in [-0.25, -0.2) is 13.6 Å². The average molecular weight is 340 g/mol. The second kappa shape index (κ2) is 8.97. The number of urea groups is 1. The van der Waals surface area contributed by atoms with E-state index in [2.05, 4.69) is 10.6 Å². The fourth-order valence-electron chi connectivity index (χ4n) is 3.11. The first-order valence-corrected chi connectivity index (χ1v) is 8.60. The average Bonchev–Trinajstić information content (AvgIpc) is 2.54. The van der Waals surface area contributed by atoms with Crippen LogP contribution in [0.2, 0.25) is 0 Å². The van der Waals surface area contributed by atoms with Gasteiger partial charge < -0.3 is 15.7 Å². The van der Waals surface area contributed by atoms with Crippen LogP contribution in [0, 0.1) is 17.6 Å². The molecule has 4 nitrogen and oxygen atoms in total. The lowest BCUT2D eigenvalue weighted by Crippen LogP contribution is -2.43. The Balaban J connectivity index is 1.66. The van der Waals surface area contributed by atoms with Crippen molar-refractivity contribution >= 4 is 6.03 Å². The van der Waals surface area contributed by atoms with Crippen LogP contribution in [0.25, 0.3) is 0 Å². The molecule has 2 rings (SSSR count). The first-order valence-electron chi connectivity index (χ1n) is 8.60. The predicted octanol–water partition coefficient (Wildman–Crippen LogP) is 3.14. The lowest BCUT2D eigenvalue weighted by Gasteiger charge is -2.26. The minimum Gasteiger partial charge on any atom is -0.393 e. The number of hydrogen-bond acceptors (Lipinski definition) is 2. The third kappa shape index (κ3) is 6.07. The molecule has 0 aromatic heterocycles. The number of halogens is 2. The van der Waals surface area contributed by atoms with Crippen LogP contribution in [0.15, 0.2) is 18.2 Å². The van der Waals surface area contributed by atoms with Gasteiger partial charge in [-0.2, -0.15) is 0 Å². The van der Waals surface area contributed by atoms with Gasteiger partial charge >= 0.3 is 6.03 Å². The number of carbonyl (C=O) groups is 1. The maximum Gasteiger partial charge on any atom is 0.315 e. The van der Waals surface area contributed by atoms with Gasteiger partial charge in [-0.15, -0.1) is 0 Å². The van der Waals surface area contributed by atoms with Gasteiger partial charge in [0.15, 0.2) is 11.6 Å². The second-order valence-electron chi connectivity index (χ2n) is 6.73. The number of benzene rings is 1. The Morgan fingerprint density at radius 1 is 1.33 bits per heavy atom. The highest BCUT2D eigenvalue weighted by Crippen LogP contribution is 2.23. The lowest BCUT2D eigenvalue weighted by atomic mass is 9.87. The number of rotatable bonds is 6. The molecule has 0 spiro atoms. The molecule has 2 amide bonds. The van der Waals surface area contributed by atoms with E-state index in [9.17, 15) is 18.7 Å². The fourth-order valence-corrected chi connectivity index (χ4v) is 3.11. The van der Waals surface area contributed by atoms with Crippen molar-refractivity contribution in [2.75, 3.05) is 6.54 Å². The SMILES string of the molecule is CC(CCc1ccc(F)c(F)c1)NC(=O)NCC1CCCC(O)C1. The number of aryl methyl sites for hydroxylation is 1. The van der Waals surface area contributed by atoms with Crippen molar-refractivity contribution in [2.45, 2.75) is 57.6 Å². The molecule has 3 atom stereocenters. The molecule has 134 valence electrons. The van der Waals surface area contributed by atoms with Gasteiger partial charge in [0.1, 0.15) is 0 Å². The third-order valence-electron chi connectivity index (χ3n) is 4.53. The summed E-state index contributed by atoms with van der Waals surface area (Å²) in [7, 11) is 0. The molecule has 0 saturated heterocycles. The summed E-state index contributed by atoms with van der Waals surface area (Å²) >= 11 is 0. The molecule has 1 saturated carbocycles. The Bertz CT molecular complexity index is 554. The van der Waals surface area contributed by atoms with E-state index in [0.29, 0.717) is 30.9 Å². The van der Waals surface area contributed by atoms with Crippen molar-refractivity contribution in [1.82, 2.24) is 10.6 Å². The van der Waals surface area contributed by atoms with Crippen LogP contribution in [0.3, 0.4) is 0 Å². The number of aliphatic hydroxyl groups is 1. The molecule has 1 aromatic rings. The van der Waals surface area contributed by atoms with Crippen molar-refractivity contribution in [3.8, 4) is 0 Å².